The molecule has 1 aliphatic rings. The number of anilines is 2. The number of ether oxygens (including phenoxy) is 1. The highest BCUT2D eigenvalue weighted by atomic mass is 32.2. The van der Waals surface area contributed by atoms with Gasteiger partial charge in [-0.05, 0) is 49.2 Å². The van der Waals surface area contributed by atoms with E-state index in [1.54, 1.807) is 43.5 Å². The normalized spacial score (nSPS) is 16.7. The van der Waals surface area contributed by atoms with Crippen LogP contribution in [0, 0.1) is 0 Å². The third kappa shape index (κ3) is 2.87. The average Bonchev–Trinajstić information content (AvgIpc) is 2.86. The van der Waals surface area contributed by atoms with Crippen molar-refractivity contribution in [3.8, 4) is 5.75 Å². The van der Waals surface area contributed by atoms with Gasteiger partial charge in [0.05, 0.1) is 17.7 Å². The molecule has 5 nitrogen and oxygen atoms in total. The molecule has 1 unspecified atom stereocenters. The van der Waals surface area contributed by atoms with Gasteiger partial charge in [-0.1, -0.05) is 6.07 Å². The number of nitrogens with one attached hydrogen (secondary N) is 2. The summed E-state index contributed by atoms with van der Waals surface area (Å²) in [5.41, 5.74) is 2.51. The summed E-state index contributed by atoms with van der Waals surface area (Å²) in [7, 11) is -2.07. The summed E-state index contributed by atoms with van der Waals surface area (Å²) in [5.74, 6) is 0.604. The van der Waals surface area contributed by atoms with E-state index in [2.05, 4.69) is 17.0 Å². The summed E-state index contributed by atoms with van der Waals surface area (Å²) < 4.78 is 32.7. The molecule has 1 atom stereocenters. The van der Waals surface area contributed by atoms with Gasteiger partial charge in [0.1, 0.15) is 5.75 Å². The van der Waals surface area contributed by atoms with Crippen molar-refractivity contribution < 1.29 is 13.2 Å². The molecule has 0 amide bonds. The van der Waals surface area contributed by atoms with Crippen molar-refractivity contribution >= 4 is 21.4 Å². The lowest BCUT2D eigenvalue weighted by Gasteiger charge is -2.10. The monoisotopic (exact) mass is 318 g/mol. The molecule has 0 bridgehead atoms. The van der Waals surface area contributed by atoms with Gasteiger partial charge in [0.2, 0.25) is 0 Å². The molecule has 0 spiro atoms. The van der Waals surface area contributed by atoms with Gasteiger partial charge in [0.25, 0.3) is 10.0 Å². The summed E-state index contributed by atoms with van der Waals surface area (Å²) in [6.45, 7) is 2.07. The molecule has 0 fully saturated rings. The summed E-state index contributed by atoms with van der Waals surface area (Å²) >= 11 is 0. The molecule has 0 aromatic heterocycles. The van der Waals surface area contributed by atoms with E-state index < -0.39 is 10.0 Å². The minimum atomic E-state index is -3.61. The van der Waals surface area contributed by atoms with Gasteiger partial charge in [0, 0.05) is 17.8 Å². The number of hydrogen-bond acceptors (Lipinski definition) is 4. The molecule has 22 heavy (non-hydrogen) atoms. The Balaban J connectivity index is 1.88. The van der Waals surface area contributed by atoms with E-state index in [9.17, 15) is 8.42 Å². The second-order valence-corrected chi connectivity index (χ2v) is 7.09. The number of rotatable bonds is 4. The van der Waals surface area contributed by atoms with Crippen LogP contribution in [-0.4, -0.2) is 21.6 Å². The second kappa shape index (κ2) is 5.53. The molecular weight excluding hydrogens is 300 g/mol. The van der Waals surface area contributed by atoms with Gasteiger partial charge in [-0.15, -0.1) is 0 Å². The van der Waals surface area contributed by atoms with Crippen LogP contribution in [-0.2, 0) is 16.4 Å². The van der Waals surface area contributed by atoms with Crippen molar-refractivity contribution in [3.05, 3.63) is 48.0 Å². The fraction of sp³-hybridized carbons (Fsp3) is 0.250. The third-order valence-corrected chi connectivity index (χ3v) is 5.02. The van der Waals surface area contributed by atoms with Gasteiger partial charge in [0.15, 0.2) is 0 Å². The Kier molecular flexibility index (Phi) is 3.70. The first-order valence-corrected chi connectivity index (χ1v) is 8.52. The molecule has 0 aliphatic carbocycles. The van der Waals surface area contributed by atoms with Crippen LogP contribution in [0.5, 0.6) is 5.75 Å². The van der Waals surface area contributed by atoms with E-state index in [4.69, 9.17) is 4.74 Å². The lowest BCUT2D eigenvalue weighted by atomic mass is 10.1. The van der Waals surface area contributed by atoms with Crippen LogP contribution in [0.1, 0.15) is 12.5 Å². The van der Waals surface area contributed by atoms with E-state index in [-0.39, 0.29) is 4.90 Å². The van der Waals surface area contributed by atoms with Crippen molar-refractivity contribution in [2.75, 3.05) is 17.1 Å². The summed E-state index contributed by atoms with van der Waals surface area (Å²) in [4.78, 5) is 0.268. The SMILES string of the molecule is COc1cccc(NS(=O)(=O)c2ccc3c(c2)CC(C)N3)c1. The number of sulfonamides is 1. The van der Waals surface area contributed by atoms with Crippen molar-refractivity contribution in [2.24, 2.45) is 0 Å². The zero-order valence-electron chi connectivity index (χ0n) is 12.5. The predicted molar refractivity (Wildman–Crippen MR) is 87.0 cm³/mol. The topological polar surface area (TPSA) is 67.4 Å². The first-order valence-electron chi connectivity index (χ1n) is 7.04. The third-order valence-electron chi connectivity index (χ3n) is 3.64. The predicted octanol–water partition coefficient (Wildman–Crippen LogP) is 2.85. The van der Waals surface area contributed by atoms with Crippen LogP contribution in [0.15, 0.2) is 47.4 Å². The molecule has 2 aromatic carbocycles. The molecule has 0 saturated carbocycles. The molecule has 6 heteroatoms. The summed E-state index contributed by atoms with van der Waals surface area (Å²) in [5, 5.41) is 3.31. The minimum Gasteiger partial charge on any atom is -0.497 e. The average molecular weight is 318 g/mol. The zero-order valence-corrected chi connectivity index (χ0v) is 13.3. The maximum atomic E-state index is 12.5. The van der Waals surface area contributed by atoms with E-state index in [1.807, 2.05) is 6.07 Å². The van der Waals surface area contributed by atoms with Crippen LogP contribution in [0.25, 0.3) is 0 Å². The van der Waals surface area contributed by atoms with Gasteiger partial charge in [-0.3, -0.25) is 4.72 Å². The van der Waals surface area contributed by atoms with Gasteiger partial charge < -0.3 is 10.1 Å². The van der Waals surface area contributed by atoms with Crippen LogP contribution >= 0.6 is 0 Å². The number of hydrogen-bond donors (Lipinski definition) is 2. The Hall–Kier alpha value is -2.21. The molecule has 1 heterocycles. The van der Waals surface area contributed by atoms with Gasteiger partial charge >= 0.3 is 0 Å². The maximum absolute atomic E-state index is 12.5. The highest BCUT2D eigenvalue weighted by Crippen LogP contribution is 2.29. The molecular formula is C16H18N2O3S. The lowest BCUT2D eigenvalue weighted by Crippen LogP contribution is -2.13. The van der Waals surface area contributed by atoms with Crippen molar-refractivity contribution in [2.45, 2.75) is 24.3 Å². The Bertz CT molecular complexity index is 803. The van der Waals surface area contributed by atoms with Crippen molar-refractivity contribution in [1.29, 1.82) is 0 Å². The highest BCUT2D eigenvalue weighted by molar-refractivity contribution is 7.92. The fourth-order valence-electron chi connectivity index (χ4n) is 2.59. The van der Waals surface area contributed by atoms with Crippen molar-refractivity contribution in [1.82, 2.24) is 0 Å². The molecule has 0 radical (unpaired) electrons. The lowest BCUT2D eigenvalue weighted by molar-refractivity contribution is 0.415. The number of benzene rings is 2. The number of fused-ring (bicyclic) bond motifs is 1. The minimum absolute atomic E-state index is 0.268. The largest absolute Gasteiger partial charge is 0.497 e. The maximum Gasteiger partial charge on any atom is 0.261 e. The highest BCUT2D eigenvalue weighted by Gasteiger charge is 2.21. The fourth-order valence-corrected chi connectivity index (χ4v) is 3.69. The Morgan fingerprint density at radius 1 is 1.23 bits per heavy atom. The van der Waals surface area contributed by atoms with Gasteiger partial charge in [-0.25, -0.2) is 8.42 Å². The molecule has 2 aromatic rings. The first-order chi connectivity index (χ1) is 10.5. The molecule has 0 saturated heterocycles. The van der Waals surface area contributed by atoms with Crippen LogP contribution in [0.3, 0.4) is 0 Å². The Morgan fingerprint density at radius 2 is 2.05 bits per heavy atom. The first kappa shape index (κ1) is 14.7. The van der Waals surface area contributed by atoms with E-state index in [1.165, 1.54) is 0 Å². The second-order valence-electron chi connectivity index (χ2n) is 5.41. The Morgan fingerprint density at radius 3 is 2.82 bits per heavy atom. The van der Waals surface area contributed by atoms with Gasteiger partial charge in [-0.2, -0.15) is 0 Å². The smallest absolute Gasteiger partial charge is 0.261 e. The van der Waals surface area contributed by atoms with Crippen LogP contribution in [0.2, 0.25) is 0 Å². The Labute approximate surface area is 130 Å². The van der Waals surface area contributed by atoms with E-state index in [0.29, 0.717) is 17.5 Å². The van der Waals surface area contributed by atoms with Crippen molar-refractivity contribution in [3.63, 3.8) is 0 Å². The van der Waals surface area contributed by atoms with E-state index in [0.717, 1.165) is 17.7 Å². The summed E-state index contributed by atoms with van der Waals surface area (Å²) in [6, 6.07) is 12.3. The van der Waals surface area contributed by atoms with E-state index >= 15 is 0 Å². The number of methoxy groups -OCH3 is 1. The molecule has 2 N–H and O–H groups in total. The van der Waals surface area contributed by atoms with Crippen LogP contribution < -0.4 is 14.8 Å². The summed E-state index contributed by atoms with van der Waals surface area (Å²) in [6.07, 6.45) is 0.831. The molecule has 3 rings (SSSR count). The van der Waals surface area contributed by atoms with Crippen LogP contribution in [0.4, 0.5) is 11.4 Å². The molecule has 116 valence electrons. The zero-order chi connectivity index (χ0) is 15.7. The quantitative estimate of drug-likeness (QED) is 0.909. The molecule has 1 aliphatic heterocycles. The standard InChI is InChI=1S/C16H18N2O3S/c1-11-8-12-9-15(6-7-16(12)17-11)22(19,20)18-13-4-3-5-14(10-13)21-2/h3-7,9-11,17-18H,8H2,1-2H3.